The summed E-state index contributed by atoms with van der Waals surface area (Å²) >= 11 is 0. The van der Waals surface area contributed by atoms with Crippen LogP contribution in [-0.2, 0) is 21.6 Å². The topological polar surface area (TPSA) is 69.4 Å². The fraction of sp³-hybridized carbons (Fsp3) is 0.417. The fourth-order valence-electron chi connectivity index (χ4n) is 2.12. The number of cyclic esters (lactones) is 1. The summed E-state index contributed by atoms with van der Waals surface area (Å²) < 4.78 is 5.32. The quantitative estimate of drug-likeness (QED) is 0.425. The lowest BCUT2D eigenvalue weighted by molar-refractivity contribution is -0.384. The van der Waals surface area contributed by atoms with Gasteiger partial charge in [0.2, 0.25) is 0 Å². The number of hydrogen-bond donors (Lipinski definition) is 0. The third-order valence-corrected chi connectivity index (χ3v) is 2.92. The van der Waals surface area contributed by atoms with Crippen molar-refractivity contribution in [3.63, 3.8) is 0 Å². The lowest BCUT2D eigenvalue weighted by Gasteiger charge is -2.25. The monoisotopic (exact) mass is 235 g/mol. The molecule has 0 aromatic heterocycles. The third-order valence-electron chi connectivity index (χ3n) is 2.92. The van der Waals surface area contributed by atoms with Crippen molar-refractivity contribution in [3.8, 4) is 0 Å². The van der Waals surface area contributed by atoms with Crippen molar-refractivity contribution >= 4 is 11.7 Å². The molecule has 1 aromatic rings. The van der Waals surface area contributed by atoms with Crippen molar-refractivity contribution in [1.82, 2.24) is 0 Å². The molecule has 0 N–H and O–H groups in total. The van der Waals surface area contributed by atoms with E-state index in [2.05, 4.69) is 0 Å². The molecule has 5 nitrogen and oxygen atoms in total. The van der Waals surface area contributed by atoms with Crippen LogP contribution in [0.2, 0.25) is 0 Å². The van der Waals surface area contributed by atoms with Gasteiger partial charge in [-0.3, -0.25) is 14.9 Å². The van der Waals surface area contributed by atoms with Crippen LogP contribution in [0, 0.1) is 10.1 Å². The predicted octanol–water partition coefficient (Wildman–Crippen LogP) is 2.32. The number of rotatable bonds is 1. The summed E-state index contributed by atoms with van der Waals surface area (Å²) in [5, 5.41) is 10.7. The molecule has 0 aliphatic carbocycles. The zero-order chi connectivity index (χ0) is 12.6. The molecule has 1 aliphatic rings. The zero-order valence-electron chi connectivity index (χ0n) is 9.73. The van der Waals surface area contributed by atoms with E-state index in [9.17, 15) is 14.9 Å². The van der Waals surface area contributed by atoms with Gasteiger partial charge in [-0.1, -0.05) is 0 Å². The number of esters is 1. The highest BCUT2D eigenvalue weighted by molar-refractivity contribution is 5.71. The normalized spacial score (nSPS) is 17.9. The highest BCUT2D eigenvalue weighted by atomic mass is 16.6. The summed E-state index contributed by atoms with van der Waals surface area (Å²) in [7, 11) is 0. The van der Waals surface area contributed by atoms with Crippen LogP contribution in [0.15, 0.2) is 18.2 Å². The number of ether oxygens (including phenoxy) is 1. The number of aryl methyl sites for hydroxylation is 1. The van der Waals surface area contributed by atoms with Crippen LogP contribution in [0.25, 0.3) is 0 Å². The van der Waals surface area contributed by atoms with Gasteiger partial charge >= 0.3 is 5.97 Å². The molecule has 1 aromatic carbocycles. The Morgan fingerprint density at radius 2 is 2.06 bits per heavy atom. The molecule has 1 aliphatic heterocycles. The lowest BCUT2D eigenvalue weighted by Crippen LogP contribution is -2.24. The minimum atomic E-state index is -0.724. The number of nitro benzene ring substituents is 1. The Bertz CT molecular complexity index is 493. The molecule has 2 rings (SSSR count). The molecule has 17 heavy (non-hydrogen) atoms. The SMILES string of the molecule is CC1(C)OC(=O)CCc2cc([N+](=O)[O-])ccc21. The Morgan fingerprint density at radius 3 is 2.71 bits per heavy atom. The molecule has 0 atom stereocenters. The van der Waals surface area contributed by atoms with E-state index in [0.29, 0.717) is 6.42 Å². The van der Waals surface area contributed by atoms with Gasteiger partial charge in [-0.05, 0) is 37.5 Å². The summed E-state index contributed by atoms with van der Waals surface area (Å²) in [5.41, 5.74) is 0.982. The Balaban J connectivity index is 2.52. The van der Waals surface area contributed by atoms with Crippen LogP contribution in [0.3, 0.4) is 0 Å². The Hall–Kier alpha value is -1.91. The van der Waals surface area contributed by atoms with E-state index in [-0.39, 0.29) is 18.1 Å². The van der Waals surface area contributed by atoms with Crippen LogP contribution in [0.4, 0.5) is 5.69 Å². The van der Waals surface area contributed by atoms with Gasteiger partial charge in [0.05, 0.1) is 4.92 Å². The van der Waals surface area contributed by atoms with Crippen molar-refractivity contribution in [3.05, 3.63) is 39.4 Å². The molecule has 0 amide bonds. The standard InChI is InChI=1S/C12H13NO4/c1-12(2)10-5-4-9(13(15)16)7-8(10)3-6-11(14)17-12/h4-5,7H,3,6H2,1-2H3. The van der Waals surface area contributed by atoms with Gasteiger partial charge in [-0.15, -0.1) is 0 Å². The molecular formula is C12H13NO4. The smallest absolute Gasteiger partial charge is 0.306 e. The second-order valence-corrected chi connectivity index (χ2v) is 4.58. The zero-order valence-corrected chi connectivity index (χ0v) is 9.73. The molecule has 1 heterocycles. The molecule has 0 radical (unpaired) electrons. The van der Waals surface area contributed by atoms with E-state index in [1.807, 2.05) is 0 Å². The summed E-state index contributed by atoms with van der Waals surface area (Å²) in [5.74, 6) is -0.270. The first kappa shape index (κ1) is 11.6. The van der Waals surface area contributed by atoms with Gasteiger partial charge in [-0.25, -0.2) is 0 Å². The highest BCUT2D eigenvalue weighted by Crippen LogP contribution is 2.33. The lowest BCUT2D eigenvalue weighted by atomic mass is 9.91. The van der Waals surface area contributed by atoms with Crippen molar-refractivity contribution in [2.45, 2.75) is 32.3 Å². The van der Waals surface area contributed by atoms with Crippen LogP contribution >= 0.6 is 0 Å². The van der Waals surface area contributed by atoms with Crippen molar-refractivity contribution < 1.29 is 14.5 Å². The average Bonchev–Trinajstić information content (AvgIpc) is 2.35. The molecule has 0 fully saturated rings. The van der Waals surface area contributed by atoms with Crippen molar-refractivity contribution in [2.24, 2.45) is 0 Å². The molecular weight excluding hydrogens is 222 g/mol. The fourth-order valence-corrected chi connectivity index (χ4v) is 2.12. The van der Waals surface area contributed by atoms with Gasteiger partial charge in [-0.2, -0.15) is 0 Å². The van der Waals surface area contributed by atoms with Gasteiger partial charge in [0.15, 0.2) is 0 Å². The summed E-state index contributed by atoms with van der Waals surface area (Å²) in [4.78, 5) is 21.7. The number of carbonyl (C=O) groups excluding carboxylic acids is 1. The predicted molar refractivity (Wildman–Crippen MR) is 60.5 cm³/mol. The molecule has 0 spiro atoms. The average molecular weight is 235 g/mol. The largest absolute Gasteiger partial charge is 0.455 e. The Kier molecular flexibility index (Phi) is 2.61. The number of carbonyl (C=O) groups is 1. The van der Waals surface area contributed by atoms with Crippen LogP contribution in [-0.4, -0.2) is 10.9 Å². The second kappa shape index (κ2) is 3.84. The van der Waals surface area contributed by atoms with E-state index in [0.717, 1.165) is 11.1 Å². The van der Waals surface area contributed by atoms with Crippen LogP contribution in [0.1, 0.15) is 31.4 Å². The first-order valence-electron chi connectivity index (χ1n) is 5.40. The number of nitrogens with zero attached hydrogens (tertiary/aromatic N) is 1. The second-order valence-electron chi connectivity index (χ2n) is 4.58. The van der Waals surface area contributed by atoms with E-state index >= 15 is 0 Å². The highest BCUT2D eigenvalue weighted by Gasteiger charge is 2.31. The van der Waals surface area contributed by atoms with Gasteiger partial charge in [0, 0.05) is 18.6 Å². The number of non-ortho nitro benzene ring substituents is 1. The molecule has 0 saturated carbocycles. The van der Waals surface area contributed by atoms with E-state index < -0.39 is 10.5 Å². The summed E-state index contributed by atoms with van der Waals surface area (Å²) in [6.45, 7) is 3.59. The molecule has 0 unspecified atom stereocenters. The van der Waals surface area contributed by atoms with Crippen LogP contribution < -0.4 is 0 Å². The minimum absolute atomic E-state index is 0.0499. The summed E-state index contributed by atoms with van der Waals surface area (Å²) in [6.07, 6.45) is 0.747. The van der Waals surface area contributed by atoms with Gasteiger partial charge in [0.25, 0.3) is 5.69 Å². The van der Waals surface area contributed by atoms with Gasteiger partial charge < -0.3 is 4.74 Å². The number of nitro groups is 1. The third kappa shape index (κ3) is 2.13. The van der Waals surface area contributed by atoms with E-state index in [1.54, 1.807) is 19.9 Å². The molecule has 90 valence electrons. The maximum absolute atomic E-state index is 11.4. The Morgan fingerprint density at radius 1 is 1.35 bits per heavy atom. The number of fused-ring (bicyclic) bond motifs is 1. The maximum atomic E-state index is 11.4. The van der Waals surface area contributed by atoms with E-state index in [4.69, 9.17) is 4.74 Å². The van der Waals surface area contributed by atoms with Crippen molar-refractivity contribution in [1.29, 1.82) is 0 Å². The maximum Gasteiger partial charge on any atom is 0.306 e. The number of hydrogen-bond acceptors (Lipinski definition) is 4. The first-order valence-corrected chi connectivity index (χ1v) is 5.40. The first-order chi connectivity index (χ1) is 7.90. The molecule has 0 saturated heterocycles. The number of benzene rings is 1. The van der Waals surface area contributed by atoms with E-state index in [1.165, 1.54) is 12.1 Å². The molecule has 0 bridgehead atoms. The minimum Gasteiger partial charge on any atom is -0.455 e. The van der Waals surface area contributed by atoms with Gasteiger partial charge in [0.1, 0.15) is 5.60 Å². The van der Waals surface area contributed by atoms with Crippen LogP contribution in [0.5, 0.6) is 0 Å². The van der Waals surface area contributed by atoms with Crippen molar-refractivity contribution in [2.75, 3.05) is 0 Å². The summed E-state index contributed by atoms with van der Waals surface area (Å²) in [6, 6.07) is 4.64. The Labute approximate surface area is 98.5 Å². The molecule has 5 heteroatoms.